The maximum absolute atomic E-state index is 10.8. The summed E-state index contributed by atoms with van der Waals surface area (Å²) in [5.41, 5.74) is 2.16. The van der Waals surface area contributed by atoms with Crippen LogP contribution in [0.2, 0.25) is 0 Å². The molecule has 0 aliphatic carbocycles. The molecule has 94 valence electrons. The molecule has 17 heavy (non-hydrogen) atoms. The van der Waals surface area contributed by atoms with E-state index in [4.69, 9.17) is 5.11 Å². The monoisotopic (exact) mass is 234 g/mol. The zero-order chi connectivity index (χ0) is 13.3. The Balaban J connectivity index is 2.98. The number of carboxylic acid groups (broad SMARTS) is 1. The Kier molecular flexibility index (Phi) is 3.65. The maximum atomic E-state index is 10.8. The molecule has 0 radical (unpaired) electrons. The van der Waals surface area contributed by atoms with E-state index in [1.54, 1.807) is 0 Å². The first kappa shape index (κ1) is 13.8. The van der Waals surface area contributed by atoms with Crippen molar-refractivity contribution in [2.24, 2.45) is 0 Å². The highest BCUT2D eigenvalue weighted by molar-refractivity contribution is 5.68. The van der Waals surface area contributed by atoms with Crippen molar-refractivity contribution in [1.82, 2.24) is 0 Å². The molecule has 0 saturated carbocycles. The van der Waals surface area contributed by atoms with Crippen molar-refractivity contribution in [3.8, 4) is 0 Å². The van der Waals surface area contributed by atoms with Crippen LogP contribution in [0.5, 0.6) is 0 Å². The molecule has 0 aromatic heterocycles. The Labute approximate surface area is 104 Å². The van der Waals surface area contributed by atoms with Gasteiger partial charge >= 0.3 is 5.97 Å². The zero-order valence-electron chi connectivity index (χ0n) is 11.4. The number of hydrogen-bond donors (Lipinski definition) is 1. The fraction of sp³-hybridized carbons (Fsp3) is 0.533. The molecule has 1 N–H and O–H groups in total. The minimum absolute atomic E-state index is 0.134. The van der Waals surface area contributed by atoms with Crippen LogP contribution in [0.25, 0.3) is 0 Å². The van der Waals surface area contributed by atoms with Crippen molar-refractivity contribution in [2.45, 2.75) is 51.9 Å². The molecule has 0 heterocycles. The number of hydrogen-bond acceptors (Lipinski definition) is 1. The Morgan fingerprint density at radius 3 is 1.76 bits per heavy atom. The van der Waals surface area contributed by atoms with Gasteiger partial charge in [-0.05, 0) is 16.5 Å². The van der Waals surface area contributed by atoms with Crippen molar-refractivity contribution in [3.05, 3.63) is 35.4 Å². The maximum Gasteiger partial charge on any atom is 0.304 e. The summed E-state index contributed by atoms with van der Waals surface area (Å²) in [5, 5.41) is 8.89. The van der Waals surface area contributed by atoms with Crippen molar-refractivity contribution in [2.75, 3.05) is 0 Å². The third-order valence-corrected chi connectivity index (χ3v) is 3.13. The van der Waals surface area contributed by atoms with E-state index in [0.29, 0.717) is 0 Å². The lowest BCUT2D eigenvalue weighted by Gasteiger charge is -2.25. The van der Waals surface area contributed by atoms with Crippen LogP contribution in [-0.2, 0) is 15.6 Å². The Bertz CT molecular complexity index is 394. The summed E-state index contributed by atoms with van der Waals surface area (Å²) < 4.78 is 0. The molecule has 0 aliphatic heterocycles. The topological polar surface area (TPSA) is 37.3 Å². The summed E-state index contributed by atoms with van der Waals surface area (Å²) in [6.07, 6.45) is 0.155. The quantitative estimate of drug-likeness (QED) is 0.865. The van der Waals surface area contributed by atoms with E-state index in [2.05, 4.69) is 32.9 Å². The predicted octanol–water partition coefficient (Wildman–Crippen LogP) is 3.74. The molecule has 0 unspecified atom stereocenters. The van der Waals surface area contributed by atoms with Crippen LogP contribution in [0.1, 0.15) is 52.2 Å². The van der Waals surface area contributed by atoms with Crippen LogP contribution in [0.4, 0.5) is 0 Å². The summed E-state index contributed by atoms with van der Waals surface area (Å²) in [4.78, 5) is 10.8. The molecule has 0 aliphatic rings. The number of benzene rings is 1. The van der Waals surface area contributed by atoms with E-state index in [-0.39, 0.29) is 17.3 Å². The molecular weight excluding hydrogens is 212 g/mol. The lowest BCUT2D eigenvalue weighted by atomic mass is 9.79. The number of carboxylic acids is 1. The van der Waals surface area contributed by atoms with E-state index < -0.39 is 5.97 Å². The second kappa shape index (κ2) is 4.52. The highest BCUT2D eigenvalue weighted by Crippen LogP contribution is 2.29. The van der Waals surface area contributed by atoms with Crippen molar-refractivity contribution in [3.63, 3.8) is 0 Å². The first-order valence-electron chi connectivity index (χ1n) is 5.96. The highest BCUT2D eigenvalue weighted by Gasteiger charge is 2.24. The molecule has 2 nitrogen and oxygen atoms in total. The van der Waals surface area contributed by atoms with E-state index >= 15 is 0 Å². The minimum atomic E-state index is -0.755. The standard InChI is InChI=1S/C15H22O2/c1-14(2,3)11-6-8-12(9-7-11)15(4,5)10-13(16)17/h6-9H,10H2,1-5H3,(H,16,17). The Morgan fingerprint density at radius 2 is 1.41 bits per heavy atom. The normalized spacial score (nSPS) is 12.5. The summed E-state index contributed by atoms with van der Waals surface area (Å²) in [6, 6.07) is 8.28. The van der Waals surface area contributed by atoms with Crippen LogP contribution in [0.15, 0.2) is 24.3 Å². The minimum Gasteiger partial charge on any atom is -0.481 e. The summed E-state index contributed by atoms with van der Waals surface area (Å²) >= 11 is 0. The fourth-order valence-electron chi connectivity index (χ4n) is 1.90. The van der Waals surface area contributed by atoms with E-state index in [0.717, 1.165) is 5.56 Å². The zero-order valence-corrected chi connectivity index (χ0v) is 11.4. The summed E-state index contributed by atoms with van der Waals surface area (Å²) in [6.45, 7) is 10.4. The smallest absolute Gasteiger partial charge is 0.304 e. The summed E-state index contributed by atoms with van der Waals surface area (Å²) in [7, 11) is 0. The fourth-order valence-corrected chi connectivity index (χ4v) is 1.90. The molecule has 0 saturated heterocycles. The predicted molar refractivity (Wildman–Crippen MR) is 70.4 cm³/mol. The van der Waals surface area contributed by atoms with Crippen LogP contribution in [-0.4, -0.2) is 11.1 Å². The van der Waals surface area contributed by atoms with Gasteiger partial charge in [0.15, 0.2) is 0 Å². The Morgan fingerprint density at radius 1 is 1.00 bits per heavy atom. The third-order valence-electron chi connectivity index (χ3n) is 3.13. The van der Waals surface area contributed by atoms with Gasteiger partial charge in [0.2, 0.25) is 0 Å². The Hall–Kier alpha value is -1.31. The van der Waals surface area contributed by atoms with Crippen molar-refractivity contribution >= 4 is 5.97 Å². The van der Waals surface area contributed by atoms with Gasteiger partial charge in [-0.25, -0.2) is 0 Å². The van der Waals surface area contributed by atoms with Crippen LogP contribution < -0.4 is 0 Å². The lowest BCUT2D eigenvalue weighted by Crippen LogP contribution is -2.22. The van der Waals surface area contributed by atoms with Gasteiger partial charge in [-0.2, -0.15) is 0 Å². The summed E-state index contributed by atoms with van der Waals surface area (Å²) in [5.74, 6) is -0.755. The molecule has 1 aromatic carbocycles. The molecular formula is C15H22O2. The van der Waals surface area contributed by atoms with Crippen LogP contribution in [0, 0.1) is 0 Å². The van der Waals surface area contributed by atoms with Crippen molar-refractivity contribution < 1.29 is 9.90 Å². The molecule has 0 bridgehead atoms. The van der Waals surface area contributed by atoms with E-state index in [1.807, 2.05) is 26.0 Å². The van der Waals surface area contributed by atoms with Gasteiger partial charge in [0.1, 0.15) is 0 Å². The second-order valence-corrected chi connectivity index (χ2v) is 6.28. The van der Waals surface area contributed by atoms with Gasteiger partial charge in [-0.15, -0.1) is 0 Å². The second-order valence-electron chi connectivity index (χ2n) is 6.28. The molecule has 0 fully saturated rings. The molecule has 1 aromatic rings. The van der Waals surface area contributed by atoms with Gasteiger partial charge in [0, 0.05) is 5.41 Å². The van der Waals surface area contributed by atoms with E-state index in [9.17, 15) is 4.79 Å². The van der Waals surface area contributed by atoms with Gasteiger partial charge < -0.3 is 5.11 Å². The average Bonchev–Trinajstić information content (AvgIpc) is 2.14. The molecule has 0 amide bonds. The lowest BCUT2D eigenvalue weighted by molar-refractivity contribution is -0.138. The number of carbonyl (C=O) groups is 1. The van der Waals surface area contributed by atoms with Crippen molar-refractivity contribution in [1.29, 1.82) is 0 Å². The SMILES string of the molecule is CC(C)(C)c1ccc(C(C)(C)CC(=O)O)cc1. The molecule has 2 heteroatoms. The number of aliphatic carboxylic acids is 1. The first-order valence-corrected chi connectivity index (χ1v) is 5.96. The molecule has 0 atom stereocenters. The van der Waals surface area contributed by atoms with Gasteiger partial charge in [0.05, 0.1) is 6.42 Å². The first-order chi connectivity index (χ1) is 7.63. The number of rotatable bonds is 3. The van der Waals surface area contributed by atoms with Crippen LogP contribution >= 0.6 is 0 Å². The van der Waals surface area contributed by atoms with Gasteiger partial charge in [-0.3, -0.25) is 4.79 Å². The third kappa shape index (κ3) is 3.58. The largest absolute Gasteiger partial charge is 0.481 e. The van der Waals surface area contributed by atoms with Gasteiger partial charge in [0.25, 0.3) is 0 Å². The van der Waals surface area contributed by atoms with Crippen LogP contribution in [0.3, 0.4) is 0 Å². The molecule has 1 rings (SSSR count). The molecule has 0 spiro atoms. The highest BCUT2D eigenvalue weighted by atomic mass is 16.4. The average molecular weight is 234 g/mol. The van der Waals surface area contributed by atoms with Gasteiger partial charge in [-0.1, -0.05) is 58.9 Å². The van der Waals surface area contributed by atoms with E-state index in [1.165, 1.54) is 5.56 Å².